The van der Waals surface area contributed by atoms with Crippen molar-refractivity contribution in [3.05, 3.63) is 168 Å². The number of fused-ring (bicyclic) bond motifs is 1. The number of imidazole rings is 1. The molecule has 4 heterocycles. The van der Waals surface area contributed by atoms with E-state index in [0.717, 1.165) is 45.8 Å². The third-order valence-corrected chi connectivity index (χ3v) is 8.83. The van der Waals surface area contributed by atoms with Crippen molar-refractivity contribution in [2.24, 2.45) is 0 Å². The van der Waals surface area contributed by atoms with Crippen LogP contribution in [0.15, 0.2) is 134 Å². The lowest BCUT2D eigenvalue weighted by molar-refractivity contribution is -0.145. The van der Waals surface area contributed by atoms with Gasteiger partial charge in [0.25, 0.3) is 0 Å². The fraction of sp³-hybridized carbons (Fsp3) is 0.200. The van der Waals surface area contributed by atoms with Crippen molar-refractivity contribution in [1.82, 2.24) is 34.1 Å². The maximum atomic E-state index is 13.8. The number of aryl methyl sites for hydroxylation is 1. The Morgan fingerprint density at radius 2 is 1.47 bits per heavy atom. The average molecular weight is 648 g/mol. The maximum absolute atomic E-state index is 13.8. The molecule has 0 aliphatic heterocycles. The van der Waals surface area contributed by atoms with E-state index in [9.17, 15) is 4.79 Å². The molecule has 3 aromatic carbocycles. The molecule has 9 heteroatoms. The van der Waals surface area contributed by atoms with E-state index in [1.54, 1.807) is 12.4 Å². The van der Waals surface area contributed by atoms with Gasteiger partial charge in [0.05, 0.1) is 30.0 Å². The number of hydrogen-bond acceptors (Lipinski definition) is 7. The molecule has 0 aliphatic rings. The summed E-state index contributed by atoms with van der Waals surface area (Å²) in [6.45, 7) is 4.15. The van der Waals surface area contributed by atoms with Crippen molar-refractivity contribution in [2.75, 3.05) is 6.61 Å². The predicted octanol–water partition coefficient (Wildman–Crippen LogP) is 7.06. The van der Waals surface area contributed by atoms with Crippen LogP contribution in [0.4, 0.5) is 0 Å². The number of carbonyl (C=O) groups excluding carboxylic acids is 1. The first kappa shape index (κ1) is 31.6. The Kier molecular flexibility index (Phi) is 9.06. The highest BCUT2D eigenvalue weighted by Gasteiger charge is 2.39. The van der Waals surface area contributed by atoms with Gasteiger partial charge in [-0.15, -0.1) is 10.2 Å². The van der Waals surface area contributed by atoms with Crippen LogP contribution in [0.2, 0.25) is 0 Å². The van der Waals surface area contributed by atoms with Crippen LogP contribution in [0.1, 0.15) is 60.1 Å². The van der Waals surface area contributed by atoms with E-state index in [0.29, 0.717) is 17.9 Å². The van der Waals surface area contributed by atoms with Gasteiger partial charge in [-0.1, -0.05) is 104 Å². The summed E-state index contributed by atoms with van der Waals surface area (Å²) in [6.07, 6.45) is 11.1. The molecule has 0 bridgehead atoms. The summed E-state index contributed by atoms with van der Waals surface area (Å²) in [5.74, 6) is -0.673. The summed E-state index contributed by atoms with van der Waals surface area (Å²) >= 11 is 0. The van der Waals surface area contributed by atoms with Gasteiger partial charge in [-0.3, -0.25) is 14.2 Å². The number of hydrogen-bond donors (Lipinski definition) is 0. The first-order valence-corrected chi connectivity index (χ1v) is 16.6. The minimum atomic E-state index is -0.767. The van der Waals surface area contributed by atoms with Crippen molar-refractivity contribution in [3.8, 4) is 11.3 Å². The Bertz CT molecular complexity index is 2050. The van der Waals surface area contributed by atoms with E-state index in [1.165, 1.54) is 0 Å². The molecular formula is C40H37N7O2. The largest absolute Gasteiger partial charge is 0.465 e. The van der Waals surface area contributed by atoms with E-state index in [1.807, 2.05) is 60.4 Å². The number of rotatable bonds is 12. The topological polar surface area (TPSA) is 100 Å². The molecule has 0 spiro atoms. The number of aromatic nitrogens is 7. The van der Waals surface area contributed by atoms with E-state index < -0.39 is 11.5 Å². The normalized spacial score (nSPS) is 12.2. The monoisotopic (exact) mass is 647 g/mol. The molecule has 0 aliphatic carbocycles. The molecule has 244 valence electrons. The van der Waals surface area contributed by atoms with Crippen LogP contribution in [-0.2, 0) is 27.9 Å². The van der Waals surface area contributed by atoms with E-state index in [-0.39, 0.29) is 19.0 Å². The number of carbonyl (C=O) groups is 1. The molecule has 0 radical (unpaired) electrons. The van der Waals surface area contributed by atoms with Gasteiger partial charge in [0.15, 0.2) is 11.5 Å². The summed E-state index contributed by atoms with van der Waals surface area (Å²) in [6, 6.07) is 35.1. The van der Waals surface area contributed by atoms with Crippen molar-refractivity contribution in [1.29, 1.82) is 0 Å². The number of ether oxygens (including phenoxy) is 1. The summed E-state index contributed by atoms with van der Waals surface area (Å²) in [5, 5.41) is 9.14. The van der Waals surface area contributed by atoms with Crippen LogP contribution < -0.4 is 0 Å². The molecular weight excluding hydrogens is 610 g/mol. The van der Waals surface area contributed by atoms with Gasteiger partial charge in [-0.05, 0) is 42.2 Å². The Hall–Kier alpha value is -5.96. The third kappa shape index (κ3) is 5.99. The number of nitrogens with zero attached hydrogens (tertiary/aromatic N) is 7. The fourth-order valence-electron chi connectivity index (χ4n) is 6.64. The van der Waals surface area contributed by atoms with Gasteiger partial charge < -0.3 is 9.30 Å². The van der Waals surface area contributed by atoms with E-state index in [4.69, 9.17) is 14.7 Å². The Morgan fingerprint density at radius 3 is 2.04 bits per heavy atom. The summed E-state index contributed by atoms with van der Waals surface area (Å²) in [4.78, 5) is 27.9. The Labute approximate surface area is 285 Å². The van der Waals surface area contributed by atoms with Gasteiger partial charge in [0, 0.05) is 36.8 Å². The van der Waals surface area contributed by atoms with Gasteiger partial charge in [-0.2, -0.15) is 0 Å². The third-order valence-electron chi connectivity index (χ3n) is 8.83. The fourth-order valence-corrected chi connectivity index (χ4v) is 6.64. The molecule has 49 heavy (non-hydrogen) atoms. The molecule has 0 saturated carbocycles. The standard InChI is InChI=1S/C40H37N7O2/c1-3-15-35-38-45-44-37(47(38)27-36(43-35)29-16-14-23-41-25-29)34(39(48)49-4-2)24-33-26-46(28-42-33)40(30-17-8-5-9-18-30,31-19-10-6-11-20-31)32-21-12-7-13-22-32/h5-14,16-23,25-28,34H,3-4,15,24H2,1-2H3. The van der Waals surface area contributed by atoms with Crippen LogP contribution in [0.3, 0.4) is 0 Å². The molecule has 0 fully saturated rings. The summed E-state index contributed by atoms with van der Waals surface area (Å²) < 4.78 is 9.68. The molecule has 7 rings (SSSR count). The first-order chi connectivity index (χ1) is 24.1. The minimum Gasteiger partial charge on any atom is -0.465 e. The van der Waals surface area contributed by atoms with Crippen LogP contribution in [0, 0.1) is 0 Å². The minimum absolute atomic E-state index is 0.239. The zero-order chi connectivity index (χ0) is 33.6. The molecule has 0 N–H and O–H groups in total. The molecule has 1 unspecified atom stereocenters. The SMILES string of the molecule is CCCc1nc(-c2cccnc2)cn2c(C(Cc3cn(C(c4ccccc4)(c4ccccc4)c4ccccc4)cn3)C(=O)OCC)nnc12. The highest BCUT2D eigenvalue weighted by atomic mass is 16.5. The molecule has 0 saturated heterocycles. The molecule has 4 aromatic heterocycles. The zero-order valence-corrected chi connectivity index (χ0v) is 27.6. The number of benzene rings is 3. The lowest BCUT2D eigenvalue weighted by atomic mass is 9.77. The second-order valence-electron chi connectivity index (χ2n) is 11.9. The highest BCUT2D eigenvalue weighted by molar-refractivity contribution is 5.78. The number of esters is 1. The second-order valence-corrected chi connectivity index (χ2v) is 11.9. The second kappa shape index (κ2) is 14.0. The van der Waals surface area contributed by atoms with Gasteiger partial charge in [0.2, 0.25) is 0 Å². The number of pyridine rings is 1. The lowest BCUT2D eigenvalue weighted by Gasteiger charge is -2.37. The van der Waals surface area contributed by atoms with Crippen LogP contribution in [0.5, 0.6) is 0 Å². The van der Waals surface area contributed by atoms with Crippen LogP contribution in [-0.4, -0.2) is 46.7 Å². The van der Waals surface area contributed by atoms with Gasteiger partial charge in [-0.25, -0.2) is 9.97 Å². The van der Waals surface area contributed by atoms with Gasteiger partial charge in [0.1, 0.15) is 11.5 Å². The summed E-state index contributed by atoms with van der Waals surface area (Å²) in [7, 11) is 0. The maximum Gasteiger partial charge on any atom is 0.317 e. The Morgan fingerprint density at radius 1 is 0.816 bits per heavy atom. The van der Waals surface area contributed by atoms with Crippen molar-refractivity contribution in [2.45, 2.75) is 44.6 Å². The van der Waals surface area contributed by atoms with Crippen molar-refractivity contribution in [3.63, 3.8) is 0 Å². The van der Waals surface area contributed by atoms with Crippen molar-refractivity contribution < 1.29 is 9.53 Å². The van der Waals surface area contributed by atoms with Crippen LogP contribution in [0.25, 0.3) is 16.9 Å². The zero-order valence-electron chi connectivity index (χ0n) is 27.6. The molecule has 7 aromatic rings. The highest BCUT2D eigenvalue weighted by Crippen LogP contribution is 2.41. The summed E-state index contributed by atoms with van der Waals surface area (Å²) in [5.41, 5.74) is 6.28. The Balaban J connectivity index is 1.36. The molecule has 9 nitrogen and oxygen atoms in total. The smallest absolute Gasteiger partial charge is 0.317 e. The lowest BCUT2D eigenvalue weighted by Crippen LogP contribution is -2.37. The van der Waals surface area contributed by atoms with E-state index in [2.05, 4.69) is 99.5 Å². The van der Waals surface area contributed by atoms with Gasteiger partial charge >= 0.3 is 5.97 Å². The average Bonchev–Trinajstić information content (AvgIpc) is 3.81. The molecule has 0 amide bonds. The predicted molar refractivity (Wildman–Crippen MR) is 188 cm³/mol. The molecule has 1 atom stereocenters. The van der Waals surface area contributed by atoms with Crippen LogP contribution >= 0.6 is 0 Å². The quantitative estimate of drug-likeness (QED) is 0.103. The van der Waals surface area contributed by atoms with E-state index >= 15 is 0 Å². The first-order valence-electron chi connectivity index (χ1n) is 16.6. The van der Waals surface area contributed by atoms with Crippen molar-refractivity contribution >= 4 is 11.6 Å².